The zero-order chi connectivity index (χ0) is 12.3. The summed E-state index contributed by atoms with van der Waals surface area (Å²) in [6.07, 6.45) is 0. The van der Waals surface area contributed by atoms with Crippen LogP contribution in [-0.2, 0) is 6.54 Å². The summed E-state index contributed by atoms with van der Waals surface area (Å²) >= 11 is 1.65. The highest BCUT2D eigenvalue weighted by molar-refractivity contribution is 7.08. The lowest BCUT2D eigenvalue weighted by Crippen LogP contribution is -2.00. The van der Waals surface area contributed by atoms with E-state index in [1.54, 1.807) is 17.4 Å². The number of rotatable bonds is 3. The number of anilines is 1. The van der Waals surface area contributed by atoms with E-state index in [0.29, 0.717) is 17.8 Å². The largest absolute Gasteiger partial charge is 0.381 e. The number of benzene rings is 1. The standard InChI is InChI=1S/C13H11FN2S/c1-9-7-17-8-11(9)6-16-13-3-10(5-15)2-12(14)4-13/h2-4,7-8,16H,6H2,1H3. The van der Waals surface area contributed by atoms with E-state index < -0.39 is 5.82 Å². The topological polar surface area (TPSA) is 35.8 Å². The van der Waals surface area contributed by atoms with Crippen molar-refractivity contribution in [2.75, 3.05) is 5.32 Å². The van der Waals surface area contributed by atoms with Crippen molar-refractivity contribution in [3.05, 3.63) is 51.5 Å². The fraction of sp³-hybridized carbons (Fsp3) is 0.154. The molecule has 0 saturated carbocycles. The lowest BCUT2D eigenvalue weighted by atomic mass is 10.2. The number of nitrogens with zero attached hydrogens (tertiary/aromatic N) is 1. The maximum absolute atomic E-state index is 13.2. The van der Waals surface area contributed by atoms with Gasteiger partial charge in [0.25, 0.3) is 0 Å². The van der Waals surface area contributed by atoms with Gasteiger partial charge in [-0.05, 0) is 47.0 Å². The van der Waals surface area contributed by atoms with Gasteiger partial charge in [-0.1, -0.05) is 0 Å². The van der Waals surface area contributed by atoms with Crippen LogP contribution in [0.2, 0.25) is 0 Å². The Bertz CT molecular complexity index is 569. The Morgan fingerprint density at radius 1 is 1.35 bits per heavy atom. The zero-order valence-electron chi connectivity index (χ0n) is 9.33. The molecule has 0 aliphatic carbocycles. The van der Waals surface area contributed by atoms with Crippen molar-refractivity contribution >= 4 is 17.0 Å². The van der Waals surface area contributed by atoms with E-state index in [1.807, 2.05) is 13.0 Å². The normalized spacial score (nSPS) is 9.94. The van der Waals surface area contributed by atoms with Crippen molar-refractivity contribution in [1.29, 1.82) is 5.26 Å². The third kappa shape index (κ3) is 2.83. The van der Waals surface area contributed by atoms with Crippen LogP contribution < -0.4 is 5.32 Å². The predicted octanol–water partition coefficient (Wildman–Crippen LogP) is 3.68. The highest BCUT2D eigenvalue weighted by atomic mass is 32.1. The minimum Gasteiger partial charge on any atom is -0.381 e. The molecule has 2 nitrogen and oxygen atoms in total. The molecule has 0 amide bonds. The van der Waals surface area contributed by atoms with Crippen molar-refractivity contribution in [3.8, 4) is 6.07 Å². The summed E-state index contributed by atoms with van der Waals surface area (Å²) in [7, 11) is 0. The van der Waals surface area contributed by atoms with Gasteiger partial charge in [0.1, 0.15) is 5.82 Å². The highest BCUT2D eigenvalue weighted by Gasteiger charge is 2.02. The summed E-state index contributed by atoms with van der Waals surface area (Å²) in [6, 6.07) is 6.19. The Balaban J connectivity index is 2.12. The number of nitrogens with one attached hydrogen (secondary N) is 1. The molecule has 0 aliphatic heterocycles. The van der Waals surface area contributed by atoms with Crippen molar-refractivity contribution < 1.29 is 4.39 Å². The first kappa shape index (κ1) is 11.6. The summed E-state index contributed by atoms with van der Waals surface area (Å²) in [5, 5.41) is 16.0. The smallest absolute Gasteiger partial charge is 0.126 e. The van der Waals surface area contributed by atoms with Crippen molar-refractivity contribution in [3.63, 3.8) is 0 Å². The van der Waals surface area contributed by atoms with Gasteiger partial charge in [-0.3, -0.25) is 0 Å². The summed E-state index contributed by atoms with van der Waals surface area (Å²) in [5.74, 6) is -0.395. The number of aryl methyl sites for hydroxylation is 1. The van der Waals surface area contributed by atoms with Crippen molar-refractivity contribution in [2.45, 2.75) is 13.5 Å². The second kappa shape index (κ2) is 4.98. The lowest BCUT2D eigenvalue weighted by molar-refractivity contribution is 0.627. The first-order valence-corrected chi connectivity index (χ1v) is 6.09. The van der Waals surface area contributed by atoms with Gasteiger partial charge < -0.3 is 5.32 Å². The minimum atomic E-state index is -0.395. The second-order valence-electron chi connectivity index (χ2n) is 3.77. The molecule has 1 N–H and O–H groups in total. The predicted molar refractivity (Wildman–Crippen MR) is 67.5 cm³/mol. The molecule has 0 radical (unpaired) electrons. The van der Waals surface area contributed by atoms with Gasteiger partial charge in [0, 0.05) is 12.2 Å². The molecule has 1 heterocycles. The molecule has 0 aliphatic rings. The highest BCUT2D eigenvalue weighted by Crippen LogP contribution is 2.18. The molecule has 4 heteroatoms. The molecule has 0 saturated heterocycles. The third-order valence-corrected chi connectivity index (χ3v) is 3.38. The summed E-state index contributed by atoms with van der Waals surface area (Å²) in [4.78, 5) is 0. The average molecular weight is 246 g/mol. The van der Waals surface area contributed by atoms with E-state index in [0.717, 1.165) is 0 Å². The van der Waals surface area contributed by atoms with Crippen molar-refractivity contribution in [1.82, 2.24) is 0 Å². The quantitative estimate of drug-likeness (QED) is 0.896. The van der Waals surface area contributed by atoms with E-state index in [-0.39, 0.29) is 0 Å². The van der Waals surface area contributed by atoms with Crippen LogP contribution in [0, 0.1) is 24.1 Å². The van der Waals surface area contributed by atoms with E-state index >= 15 is 0 Å². The maximum Gasteiger partial charge on any atom is 0.126 e. The summed E-state index contributed by atoms with van der Waals surface area (Å²) in [6.45, 7) is 2.68. The van der Waals surface area contributed by atoms with Crippen LogP contribution in [-0.4, -0.2) is 0 Å². The molecule has 0 atom stereocenters. The van der Waals surface area contributed by atoms with E-state index in [2.05, 4.69) is 16.1 Å². The Morgan fingerprint density at radius 3 is 2.82 bits per heavy atom. The Labute approximate surface area is 103 Å². The average Bonchev–Trinajstić information content (AvgIpc) is 2.71. The van der Waals surface area contributed by atoms with Crippen LogP contribution in [0.4, 0.5) is 10.1 Å². The first-order chi connectivity index (χ1) is 8.19. The molecule has 17 heavy (non-hydrogen) atoms. The van der Waals surface area contributed by atoms with Crippen LogP contribution in [0.3, 0.4) is 0 Å². The van der Waals surface area contributed by atoms with Gasteiger partial charge >= 0.3 is 0 Å². The molecular weight excluding hydrogens is 235 g/mol. The maximum atomic E-state index is 13.2. The third-order valence-electron chi connectivity index (χ3n) is 2.47. The van der Waals surface area contributed by atoms with Gasteiger partial charge in [-0.2, -0.15) is 16.6 Å². The molecule has 2 aromatic rings. The fourth-order valence-corrected chi connectivity index (χ4v) is 2.38. The first-order valence-electron chi connectivity index (χ1n) is 5.15. The number of halogens is 1. The SMILES string of the molecule is Cc1cscc1CNc1cc(F)cc(C#N)c1. The molecule has 2 rings (SSSR count). The Morgan fingerprint density at radius 2 is 2.18 bits per heavy atom. The van der Waals surface area contributed by atoms with Gasteiger partial charge in [-0.25, -0.2) is 4.39 Å². The van der Waals surface area contributed by atoms with Crippen LogP contribution in [0.5, 0.6) is 0 Å². The molecule has 0 unspecified atom stereocenters. The molecule has 0 bridgehead atoms. The van der Waals surface area contributed by atoms with Gasteiger partial charge in [0.15, 0.2) is 0 Å². The van der Waals surface area contributed by atoms with Gasteiger partial charge in [-0.15, -0.1) is 0 Å². The summed E-state index contributed by atoms with van der Waals surface area (Å²) in [5.41, 5.74) is 3.37. The molecule has 1 aromatic heterocycles. The number of hydrogen-bond donors (Lipinski definition) is 1. The number of hydrogen-bond acceptors (Lipinski definition) is 3. The lowest BCUT2D eigenvalue weighted by Gasteiger charge is -2.06. The van der Waals surface area contributed by atoms with E-state index in [1.165, 1.54) is 23.3 Å². The van der Waals surface area contributed by atoms with E-state index in [9.17, 15) is 4.39 Å². The van der Waals surface area contributed by atoms with Crippen molar-refractivity contribution in [2.24, 2.45) is 0 Å². The van der Waals surface area contributed by atoms with Crippen LogP contribution in [0.1, 0.15) is 16.7 Å². The van der Waals surface area contributed by atoms with Gasteiger partial charge in [0.05, 0.1) is 11.6 Å². The molecule has 0 fully saturated rings. The summed E-state index contributed by atoms with van der Waals surface area (Å²) < 4.78 is 13.2. The van der Waals surface area contributed by atoms with Crippen LogP contribution >= 0.6 is 11.3 Å². The molecular formula is C13H11FN2S. The van der Waals surface area contributed by atoms with Crippen LogP contribution in [0.15, 0.2) is 29.0 Å². The van der Waals surface area contributed by atoms with E-state index in [4.69, 9.17) is 5.26 Å². The zero-order valence-corrected chi connectivity index (χ0v) is 10.1. The Kier molecular flexibility index (Phi) is 3.40. The minimum absolute atomic E-state index is 0.328. The number of thiophene rings is 1. The fourth-order valence-electron chi connectivity index (χ4n) is 1.52. The molecule has 86 valence electrons. The second-order valence-corrected chi connectivity index (χ2v) is 4.52. The monoisotopic (exact) mass is 246 g/mol. The number of nitriles is 1. The molecule has 0 spiro atoms. The van der Waals surface area contributed by atoms with Crippen LogP contribution in [0.25, 0.3) is 0 Å². The Hall–Kier alpha value is -1.86. The van der Waals surface area contributed by atoms with Gasteiger partial charge in [0.2, 0.25) is 0 Å². The molecule has 1 aromatic carbocycles.